The van der Waals surface area contributed by atoms with Crippen LogP contribution in [0.25, 0.3) is 58.8 Å². The number of rotatable bonds is 4. The summed E-state index contributed by atoms with van der Waals surface area (Å²) in [5.74, 6) is 3.32. The van der Waals surface area contributed by atoms with E-state index < -0.39 is 0 Å². The number of hydrogen-bond donors (Lipinski definition) is 0. The van der Waals surface area contributed by atoms with Crippen molar-refractivity contribution in [1.82, 2.24) is 9.55 Å². The molecule has 50 heavy (non-hydrogen) atoms. The SMILES string of the molecule is CN1CN(c2cccc(Oc3ccc4c5ccc6sc7ccccc7c6c5n(-c5cc(C(C)(C)C)ccn5)c4c3)c2)c2c1oc1ccccc21. The third-order valence-corrected chi connectivity index (χ3v) is 11.1. The van der Waals surface area contributed by atoms with Gasteiger partial charge in [0.1, 0.15) is 28.6 Å². The van der Waals surface area contributed by atoms with Crippen molar-refractivity contribution in [2.45, 2.75) is 26.2 Å². The second-order valence-electron chi connectivity index (χ2n) is 14.2. The molecule has 0 spiro atoms. The number of para-hydroxylation sites is 1. The molecule has 0 aliphatic carbocycles. The summed E-state index contributed by atoms with van der Waals surface area (Å²) in [6.45, 7) is 7.44. The summed E-state index contributed by atoms with van der Waals surface area (Å²) in [5.41, 5.74) is 6.48. The van der Waals surface area contributed by atoms with E-state index in [1.54, 1.807) is 0 Å². The zero-order chi connectivity index (χ0) is 33.7. The number of thiophene rings is 1. The van der Waals surface area contributed by atoms with Gasteiger partial charge in [0, 0.05) is 67.4 Å². The van der Waals surface area contributed by atoms with Gasteiger partial charge in [-0.2, -0.15) is 0 Å². The Labute approximate surface area is 293 Å². The quantitative estimate of drug-likeness (QED) is 0.186. The van der Waals surface area contributed by atoms with Crippen LogP contribution in [0.4, 0.5) is 17.3 Å². The fourth-order valence-corrected chi connectivity index (χ4v) is 8.66. The van der Waals surface area contributed by atoms with E-state index in [1.807, 2.05) is 35.7 Å². The third kappa shape index (κ3) is 4.36. The fourth-order valence-electron chi connectivity index (χ4n) is 7.55. The van der Waals surface area contributed by atoms with E-state index in [1.165, 1.54) is 42.0 Å². The lowest BCUT2D eigenvalue weighted by atomic mass is 9.88. The molecular weight excluding hydrogens is 637 g/mol. The number of hydrogen-bond acceptors (Lipinski definition) is 6. The van der Waals surface area contributed by atoms with Crippen LogP contribution in [0, 0.1) is 0 Å². The van der Waals surface area contributed by atoms with Crippen LogP contribution >= 0.6 is 11.3 Å². The Bertz CT molecular complexity index is 2800. The third-order valence-electron chi connectivity index (χ3n) is 9.97. The van der Waals surface area contributed by atoms with Crippen LogP contribution < -0.4 is 14.5 Å². The van der Waals surface area contributed by atoms with Crippen molar-refractivity contribution in [3.8, 4) is 17.3 Å². The summed E-state index contributed by atoms with van der Waals surface area (Å²) < 4.78 is 17.8. The van der Waals surface area contributed by atoms with E-state index in [-0.39, 0.29) is 5.41 Å². The topological polar surface area (TPSA) is 46.7 Å². The van der Waals surface area contributed by atoms with Crippen molar-refractivity contribution >= 4 is 81.5 Å². The minimum atomic E-state index is -0.0200. The predicted molar refractivity (Wildman–Crippen MR) is 208 cm³/mol. The summed E-state index contributed by atoms with van der Waals surface area (Å²) >= 11 is 1.84. The number of furan rings is 1. The Morgan fingerprint density at radius 3 is 2.42 bits per heavy atom. The molecule has 1 aliphatic heterocycles. The molecule has 0 atom stereocenters. The van der Waals surface area contributed by atoms with Gasteiger partial charge in [0.25, 0.3) is 0 Å². The maximum absolute atomic E-state index is 6.68. The molecular formula is C43H34N4O2S. The van der Waals surface area contributed by atoms with E-state index in [0.717, 1.165) is 51.1 Å². The number of ether oxygens (including phenoxy) is 1. The lowest BCUT2D eigenvalue weighted by Gasteiger charge is -2.20. The van der Waals surface area contributed by atoms with Crippen LogP contribution in [0.2, 0.25) is 0 Å². The van der Waals surface area contributed by atoms with Crippen molar-refractivity contribution < 1.29 is 9.15 Å². The van der Waals surface area contributed by atoms with Crippen molar-refractivity contribution in [1.29, 1.82) is 0 Å². The Morgan fingerprint density at radius 1 is 0.740 bits per heavy atom. The molecule has 0 saturated carbocycles. The van der Waals surface area contributed by atoms with Gasteiger partial charge in [0.05, 0.1) is 17.7 Å². The Kier molecular flexibility index (Phi) is 6.18. The van der Waals surface area contributed by atoms with Crippen LogP contribution in [0.5, 0.6) is 11.5 Å². The first kappa shape index (κ1) is 29.2. The molecule has 4 aromatic heterocycles. The maximum atomic E-state index is 6.68. The molecule has 244 valence electrons. The van der Waals surface area contributed by atoms with Crippen LogP contribution in [0.3, 0.4) is 0 Å². The van der Waals surface area contributed by atoms with Crippen molar-refractivity contribution in [2.24, 2.45) is 0 Å². The van der Waals surface area contributed by atoms with Gasteiger partial charge in [0.15, 0.2) is 0 Å². The first-order valence-corrected chi connectivity index (χ1v) is 17.8. The van der Waals surface area contributed by atoms with Gasteiger partial charge in [-0.15, -0.1) is 11.3 Å². The molecule has 6 nitrogen and oxygen atoms in total. The molecule has 0 fully saturated rings. The monoisotopic (exact) mass is 670 g/mol. The molecule has 10 rings (SSSR count). The largest absolute Gasteiger partial charge is 0.457 e. The molecule has 0 unspecified atom stereocenters. The summed E-state index contributed by atoms with van der Waals surface area (Å²) in [6.07, 6.45) is 1.94. The molecule has 7 heteroatoms. The minimum absolute atomic E-state index is 0.0200. The fraction of sp³-hybridized carbons (Fsp3) is 0.140. The summed E-state index contributed by atoms with van der Waals surface area (Å²) in [4.78, 5) is 9.42. The number of nitrogens with zero attached hydrogens (tertiary/aromatic N) is 4. The highest BCUT2D eigenvalue weighted by Gasteiger charge is 2.31. The molecule has 0 saturated heterocycles. The summed E-state index contributed by atoms with van der Waals surface area (Å²) in [6, 6.07) is 40.6. The number of fused-ring (bicyclic) bond motifs is 10. The Hall–Kier alpha value is -5.79. The van der Waals surface area contributed by atoms with Crippen LogP contribution in [-0.2, 0) is 5.41 Å². The van der Waals surface area contributed by atoms with Crippen LogP contribution in [0.15, 0.2) is 126 Å². The van der Waals surface area contributed by atoms with Gasteiger partial charge in [-0.05, 0) is 71.6 Å². The molecule has 0 amide bonds. The predicted octanol–water partition coefficient (Wildman–Crippen LogP) is 11.9. The lowest BCUT2D eigenvalue weighted by Crippen LogP contribution is -2.24. The van der Waals surface area contributed by atoms with E-state index in [2.05, 4.69) is 139 Å². The Balaban J connectivity index is 1.13. The van der Waals surface area contributed by atoms with Crippen LogP contribution in [0.1, 0.15) is 26.3 Å². The van der Waals surface area contributed by atoms with Crippen molar-refractivity contribution in [2.75, 3.05) is 23.5 Å². The van der Waals surface area contributed by atoms with E-state index in [4.69, 9.17) is 14.1 Å². The highest BCUT2D eigenvalue weighted by Crippen LogP contribution is 2.48. The van der Waals surface area contributed by atoms with E-state index >= 15 is 0 Å². The molecule has 0 bridgehead atoms. The zero-order valence-electron chi connectivity index (χ0n) is 28.3. The van der Waals surface area contributed by atoms with Gasteiger partial charge in [-0.25, -0.2) is 4.98 Å². The Morgan fingerprint density at radius 2 is 1.54 bits per heavy atom. The lowest BCUT2D eigenvalue weighted by molar-refractivity contribution is 0.483. The number of aromatic nitrogens is 2. The average molecular weight is 671 g/mol. The van der Waals surface area contributed by atoms with Crippen molar-refractivity contribution in [3.05, 3.63) is 127 Å². The van der Waals surface area contributed by atoms with Gasteiger partial charge in [0.2, 0.25) is 5.88 Å². The number of anilines is 3. The second kappa shape index (κ2) is 10.6. The van der Waals surface area contributed by atoms with Gasteiger partial charge in [-0.1, -0.05) is 63.2 Å². The first-order chi connectivity index (χ1) is 24.3. The molecule has 0 N–H and O–H groups in total. The first-order valence-electron chi connectivity index (χ1n) is 17.0. The average Bonchev–Trinajstić information content (AvgIpc) is 3.86. The zero-order valence-corrected chi connectivity index (χ0v) is 29.1. The van der Waals surface area contributed by atoms with Gasteiger partial charge >= 0.3 is 0 Å². The standard InChI is InChI=1S/C43H34N4O2S/c1-43(2,3)26-20-21-44-38(22-26)47-34-24-29(16-17-30(34)31-18-19-37-39(40(31)47)33-13-6-8-15-36(33)50-37)48-28-11-9-10-27(23-28)46-25-45(4)42-41(46)32-12-5-7-14-35(32)49-42/h5-24H,25H2,1-4H3. The number of benzene rings is 5. The molecule has 0 radical (unpaired) electrons. The molecule has 1 aliphatic rings. The minimum Gasteiger partial charge on any atom is -0.457 e. The van der Waals surface area contributed by atoms with Crippen molar-refractivity contribution in [3.63, 3.8) is 0 Å². The maximum Gasteiger partial charge on any atom is 0.222 e. The molecule has 5 aromatic carbocycles. The summed E-state index contributed by atoms with van der Waals surface area (Å²) in [5, 5.41) is 6.00. The van der Waals surface area contributed by atoms with Crippen LogP contribution in [-0.4, -0.2) is 23.3 Å². The highest BCUT2D eigenvalue weighted by molar-refractivity contribution is 7.26. The van der Waals surface area contributed by atoms with E-state index in [9.17, 15) is 0 Å². The smallest absolute Gasteiger partial charge is 0.222 e. The second-order valence-corrected chi connectivity index (χ2v) is 15.3. The molecule has 5 heterocycles. The van der Waals surface area contributed by atoms with E-state index in [0.29, 0.717) is 6.67 Å². The normalized spacial score (nSPS) is 13.4. The van der Waals surface area contributed by atoms with Gasteiger partial charge in [-0.3, -0.25) is 4.57 Å². The summed E-state index contributed by atoms with van der Waals surface area (Å²) in [7, 11) is 2.06. The molecule has 9 aromatic rings. The highest BCUT2D eigenvalue weighted by atomic mass is 32.1. The number of pyridine rings is 1. The van der Waals surface area contributed by atoms with Gasteiger partial charge < -0.3 is 19.0 Å².